The fourth-order valence-electron chi connectivity index (χ4n) is 1.89. The summed E-state index contributed by atoms with van der Waals surface area (Å²) in [5.74, 6) is 0. The predicted molar refractivity (Wildman–Crippen MR) is 76.1 cm³/mol. The molecule has 0 fully saturated rings. The van der Waals surface area contributed by atoms with E-state index in [1.165, 1.54) is 17.4 Å². The van der Waals surface area contributed by atoms with Gasteiger partial charge in [0.1, 0.15) is 0 Å². The van der Waals surface area contributed by atoms with E-state index in [1.54, 1.807) is 0 Å². The SMILES string of the molecule is CC(C)NCCCc1nc2cc(C(F)(F)F)ccc2s1. The Morgan fingerprint density at radius 1 is 1.30 bits per heavy atom. The van der Waals surface area contributed by atoms with Gasteiger partial charge in [0, 0.05) is 12.5 Å². The van der Waals surface area contributed by atoms with Crippen LogP contribution in [0.25, 0.3) is 10.2 Å². The quantitative estimate of drug-likeness (QED) is 0.835. The first-order valence-electron chi connectivity index (χ1n) is 6.56. The van der Waals surface area contributed by atoms with E-state index in [2.05, 4.69) is 24.1 Å². The maximum atomic E-state index is 12.6. The van der Waals surface area contributed by atoms with E-state index < -0.39 is 11.7 Å². The van der Waals surface area contributed by atoms with E-state index in [4.69, 9.17) is 0 Å². The number of benzene rings is 1. The van der Waals surface area contributed by atoms with Gasteiger partial charge in [-0.3, -0.25) is 0 Å². The van der Waals surface area contributed by atoms with Crippen LogP contribution in [0.3, 0.4) is 0 Å². The number of alkyl halides is 3. The van der Waals surface area contributed by atoms with Crippen molar-refractivity contribution in [1.29, 1.82) is 0 Å². The van der Waals surface area contributed by atoms with Crippen molar-refractivity contribution in [3.63, 3.8) is 0 Å². The number of aromatic nitrogens is 1. The molecule has 0 aliphatic carbocycles. The van der Waals surface area contributed by atoms with Crippen molar-refractivity contribution >= 4 is 21.6 Å². The maximum absolute atomic E-state index is 12.6. The van der Waals surface area contributed by atoms with Crippen LogP contribution in [0.5, 0.6) is 0 Å². The Bertz CT molecular complexity index is 575. The average Bonchev–Trinajstić information content (AvgIpc) is 2.74. The van der Waals surface area contributed by atoms with Crippen LogP contribution in [-0.2, 0) is 12.6 Å². The number of halogens is 3. The molecule has 0 unspecified atom stereocenters. The lowest BCUT2D eigenvalue weighted by atomic mass is 10.2. The summed E-state index contributed by atoms with van der Waals surface area (Å²) in [6.45, 7) is 5.05. The van der Waals surface area contributed by atoms with Gasteiger partial charge in [0.2, 0.25) is 0 Å². The van der Waals surface area contributed by atoms with Crippen molar-refractivity contribution < 1.29 is 13.2 Å². The molecule has 0 spiro atoms. The molecule has 6 heteroatoms. The molecule has 0 bridgehead atoms. The molecule has 1 aromatic carbocycles. The summed E-state index contributed by atoms with van der Waals surface area (Å²) >= 11 is 1.47. The number of fused-ring (bicyclic) bond motifs is 1. The van der Waals surface area contributed by atoms with Gasteiger partial charge in [-0.25, -0.2) is 4.98 Å². The molecule has 110 valence electrons. The number of thiazole rings is 1. The molecule has 1 aromatic heterocycles. The average molecular weight is 302 g/mol. The Kier molecular flexibility index (Phi) is 4.65. The van der Waals surface area contributed by atoms with E-state index >= 15 is 0 Å². The second-order valence-corrected chi connectivity index (χ2v) is 6.12. The van der Waals surface area contributed by atoms with E-state index in [9.17, 15) is 13.2 Å². The highest BCUT2D eigenvalue weighted by atomic mass is 32.1. The molecule has 0 saturated carbocycles. The number of nitrogens with zero attached hydrogens (tertiary/aromatic N) is 1. The van der Waals surface area contributed by atoms with Crippen LogP contribution in [-0.4, -0.2) is 17.6 Å². The second-order valence-electron chi connectivity index (χ2n) is 5.00. The monoisotopic (exact) mass is 302 g/mol. The lowest BCUT2D eigenvalue weighted by Gasteiger charge is -2.06. The summed E-state index contributed by atoms with van der Waals surface area (Å²) in [5.41, 5.74) is -0.194. The summed E-state index contributed by atoms with van der Waals surface area (Å²) < 4.78 is 38.7. The Morgan fingerprint density at radius 2 is 2.05 bits per heavy atom. The third-order valence-corrected chi connectivity index (χ3v) is 3.98. The van der Waals surface area contributed by atoms with Crippen LogP contribution in [0.1, 0.15) is 30.8 Å². The molecule has 2 rings (SSSR count). The van der Waals surface area contributed by atoms with Crippen LogP contribution in [0, 0.1) is 0 Å². The first-order valence-corrected chi connectivity index (χ1v) is 7.38. The van der Waals surface area contributed by atoms with Gasteiger partial charge < -0.3 is 5.32 Å². The molecular weight excluding hydrogens is 285 g/mol. The lowest BCUT2D eigenvalue weighted by Crippen LogP contribution is -2.23. The highest BCUT2D eigenvalue weighted by Gasteiger charge is 2.30. The third kappa shape index (κ3) is 3.93. The largest absolute Gasteiger partial charge is 0.416 e. The molecule has 20 heavy (non-hydrogen) atoms. The Hall–Kier alpha value is -1.14. The van der Waals surface area contributed by atoms with Crippen LogP contribution in [0.2, 0.25) is 0 Å². The highest BCUT2D eigenvalue weighted by Crippen LogP contribution is 2.32. The van der Waals surface area contributed by atoms with Crippen molar-refractivity contribution in [3.05, 3.63) is 28.8 Å². The summed E-state index contributed by atoms with van der Waals surface area (Å²) in [4.78, 5) is 4.29. The van der Waals surface area contributed by atoms with Gasteiger partial charge in [-0.2, -0.15) is 13.2 Å². The van der Waals surface area contributed by atoms with Crippen LogP contribution in [0.15, 0.2) is 18.2 Å². The number of rotatable bonds is 5. The van der Waals surface area contributed by atoms with Crippen molar-refractivity contribution in [2.24, 2.45) is 0 Å². The number of hydrogen-bond donors (Lipinski definition) is 1. The summed E-state index contributed by atoms with van der Waals surface area (Å²) in [5, 5.41) is 4.20. The Morgan fingerprint density at radius 3 is 2.70 bits per heavy atom. The molecular formula is C14H17F3N2S. The van der Waals surface area contributed by atoms with E-state index in [0.29, 0.717) is 11.6 Å². The number of nitrogens with one attached hydrogen (secondary N) is 1. The van der Waals surface area contributed by atoms with Gasteiger partial charge in [0.05, 0.1) is 20.8 Å². The van der Waals surface area contributed by atoms with Crippen molar-refractivity contribution in [2.45, 2.75) is 38.9 Å². The summed E-state index contributed by atoms with van der Waals surface area (Å²) in [7, 11) is 0. The lowest BCUT2D eigenvalue weighted by molar-refractivity contribution is -0.137. The topological polar surface area (TPSA) is 24.9 Å². The van der Waals surface area contributed by atoms with E-state index in [1.807, 2.05) is 0 Å². The van der Waals surface area contributed by atoms with Gasteiger partial charge in [-0.1, -0.05) is 13.8 Å². The zero-order valence-electron chi connectivity index (χ0n) is 11.4. The zero-order chi connectivity index (χ0) is 14.8. The van der Waals surface area contributed by atoms with Gasteiger partial charge >= 0.3 is 6.18 Å². The minimum atomic E-state index is -4.31. The molecule has 0 radical (unpaired) electrons. The molecule has 0 atom stereocenters. The van der Waals surface area contributed by atoms with Crippen molar-refractivity contribution in [1.82, 2.24) is 10.3 Å². The zero-order valence-corrected chi connectivity index (χ0v) is 12.2. The fourth-order valence-corrected chi connectivity index (χ4v) is 2.88. The summed E-state index contributed by atoms with van der Waals surface area (Å²) in [6, 6.07) is 4.19. The first-order chi connectivity index (χ1) is 9.36. The number of hydrogen-bond acceptors (Lipinski definition) is 3. The molecule has 0 amide bonds. The standard InChI is InChI=1S/C14H17F3N2S/c1-9(2)18-7-3-4-13-19-11-8-10(14(15,16)17)5-6-12(11)20-13/h5-6,8-9,18H,3-4,7H2,1-2H3. The highest BCUT2D eigenvalue weighted by molar-refractivity contribution is 7.18. The Labute approximate surface area is 120 Å². The molecule has 2 nitrogen and oxygen atoms in total. The van der Waals surface area contributed by atoms with Crippen LogP contribution in [0.4, 0.5) is 13.2 Å². The fraction of sp³-hybridized carbons (Fsp3) is 0.500. The third-order valence-electron chi connectivity index (χ3n) is 2.88. The van der Waals surface area contributed by atoms with Gasteiger partial charge in [-0.05, 0) is 31.2 Å². The predicted octanol–water partition coefficient (Wildman–Crippen LogP) is 4.25. The van der Waals surface area contributed by atoms with Gasteiger partial charge in [-0.15, -0.1) is 11.3 Å². The molecule has 0 aliphatic heterocycles. The molecule has 1 heterocycles. The van der Waals surface area contributed by atoms with Crippen molar-refractivity contribution in [2.75, 3.05) is 6.54 Å². The summed E-state index contributed by atoms with van der Waals surface area (Å²) in [6.07, 6.45) is -2.58. The van der Waals surface area contributed by atoms with Crippen LogP contribution < -0.4 is 5.32 Å². The molecule has 1 N–H and O–H groups in total. The number of aryl methyl sites for hydroxylation is 1. The Balaban J connectivity index is 2.06. The smallest absolute Gasteiger partial charge is 0.315 e. The minimum absolute atomic E-state index is 0.441. The second kappa shape index (κ2) is 6.10. The van der Waals surface area contributed by atoms with Crippen LogP contribution >= 0.6 is 11.3 Å². The van der Waals surface area contributed by atoms with Gasteiger partial charge in [0.25, 0.3) is 0 Å². The van der Waals surface area contributed by atoms with Crippen molar-refractivity contribution in [3.8, 4) is 0 Å². The molecule has 2 aromatic rings. The molecule has 0 saturated heterocycles. The minimum Gasteiger partial charge on any atom is -0.315 e. The first kappa shape index (κ1) is 15.3. The maximum Gasteiger partial charge on any atom is 0.416 e. The van der Waals surface area contributed by atoms with E-state index in [0.717, 1.165) is 41.2 Å². The van der Waals surface area contributed by atoms with E-state index in [-0.39, 0.29) is 0 Å². The molecule has 0 aliphatic rings. The van der Waals surface area contributed by atoms with Gasteiger partial charge in [0.15, 0.2) is 0 Å². The normalized spacial score (nSPS) is 12.5.